The Morgan fingerprint density at radius 3 is 2.78 bits per heavy atom. The minimum atomic E-state index is 0.187. The molecule has 0 aliphatic carbocycles. The van der Waals surface area contributed by atoms with Crippen molar-refractivity contribution in [3.8, 4) is 11.4 Å². The van der Waals surface area contributed by atoms with Gasteiger partial charge in [-0.25, -0.2) is 14.6 Å². The number of nitrogen functional groups attached to an aromatic ring is 1. The van der Waals surface area contributed by atoms with Crippen LogP contribution < -0.4 is 5.73 Å². The predicted octanol–water partition coefficient (Wildman–Crippen LogP) is 3.45. The van der Waals surface area contributed by atoms with Crippen LogP contribution in [0, 0.1) is 6.92 Å². The summed E-state index contributed by atoms with van der Waals surface area (Å²) in [5.74, 6) is 0.451. The lowest BCUT2D eigenvalue weighted by molar-refractivity contribution is 0.547. The zero-order chi connectivity index (χ0) is 16.1. The van der Waals surface area contributed by atoms with E-state index < -0.39 is 0 Å². The number of H-pyrrole nitrogens is 1. The Balaban J connectivity index is 2.03. The summed E-state index contributed by atoms with van der Waals surface area (Å²) in [6, 6.07) is 8.61. The van der Waals surface area contributed by atoms with Crippen molar-refractivity contribution in [2.75, 3.05) is 5.73 Å². The SMILES string of the molecule is Cc1ccc2cc(-c3nn(C(C)C)c4ncnc(N)c34)[nH]c2c1. The third-order valence-corrected chi connectivity index (χ3v) is 4.04. The zero-order valence-electron chi connectivity index (χ0n) is 13.3. The van der Waals surface area contributed by atoms with E-state index in [-0.39, 0.29) is 6.04 Å². The molecule has 0 radical (unpaired) electrons. The van der Waals surface area contributed by atoms with Gasteiger partial charge in [-0.2, -0.15) is 5.10 Å². The number of anilines is 1. The van der Waals surface area contributed by atoms with Crippen molar-refractivity contribution in [1.29, 1.82) is 0 Å². The maximum absolute atomic E-state index is 6.11. The number of aryl methyl sites for hydroxylation is 1. The summed E-state index contributed by atoms with van der Waals surface area (Å²) in [6.07, 6.45) is 1.48. The molecule has 0 saturated heterocycles. The van der Waals surface area contributed by atoms with E-state index in [2.05, 4.69) is 60.0 Å². The van der Waals surface area contributed by atoms with Gasteiger partial charge >= 0.3 is 0 Å². The van der Waals surface area contributed by atoms with Crippen molar-refractivity contribution in [2.24, 2.45) is 0 Å². The number of nitrogens with one attached hydrogen (secondary N) is 1. The summed E-state index contributed by atoms with van der Waals surface area (Å²) in [5, 5.41) is 6.68. The Morgan fingerprint density at radius 1 is 1.17 bits per heavy atom. The van der Waals surface area contributed by atoms with E-state index in [4.69, 9.17) is 10.8 Å². The first kappa shape index (κ1) is 13.8. The van der Waals surface area contributed by atoms with Crippen molar-refractivity contribution in [1.82, 2.24) is 24.7 Å². The van der Waals surface area contributed by atoms with Crippen LogP contribution in [0.3, 0.4) is 0 Å². The molecule has 3 heterocycles. The predicted molar refractivity (Wildman–Crippen MR) is 92.2 cm³/mol. The van der Waals surface area contributed by atoms with Gasteiger partial charge in [0.15, 0.2) is 5.65 Å². The van der Waals surface area contributed by atoms with Crippen molar-refractivity contribution < 1.29 is 0 Å². The first-order valence-corrected chi connectivity index (χ1v) is 7.63. The molecule has 4 aromatic rings. The van der Waals surface area contributed by atoms with E-state index in [1.165, 1.54) is 11.9 Å². The molecule has 3 aromatic heterocycles. The smallest absolute Gasteiger partial charge is 0.164 e. The molecule has 0 bridgehead atoms. The van der Waals surface area contributed by atoms with Gasteiger partial charge in [0.05, 0.1) is 11.1 Å². The molecular formula is C17H18N6. The molecule has 0 amide bonds. The number of benzene rings is 1. The average Bonchev–Trinajstić information content (AvgIpc) is 3.08. The second-order valence-corrected chi connectivity index (χ2v) is 6.12. The lowest BCUT2D eigenvalue weighted by Crippen LogP contribution is -2.04. The van der Waals surface area contributed by atoms with E-state index in [1.54, 1.807) is 0 Å². The molecule has 116 valence electrons. The Bertz CT molecular complexity index is 1020. The molecule has 0 fully saturated rings. The number of fused-ring (bicyclic) bond motifs is 2. The number of aromatic amines is 1. The fraction of sp³-hybridized carbons (Fsp3) is 0.235. The molecule has 4 rings (SSSR count). The van der Waals surface area contributed by atoms with Gasteiger partial charge in [-0.3, -0.25) is 0 Å². The van der Waals surface area contributed by atoms with E-state index in [9.17, 15) is 0 Å². The molecule has 0 saturated carbocycles. The highest BCUT2D eigenvalue weighted by molar-refractivity contribution is 5.99. The minimum Gasteiger partial charge on any atom is -0.383 e. The summed E-state index contributed by atoms with van der Waals surface area (Å²) in [7, 11) is 0. The van der Waals surface area contributed by atoms with Crippen LogP contribution in [0.15, 0.2) is 30.6 Å². The van der Waals surface area contributed by atoms with Crippen molar-refractivity contribution in [3.05, 3.63) is 36.2 Å². The van der Waals surface area contributed by atoms with Gasteiger partial charge < -0.3 is 10.7 Å². The van der Waals surface area contributed by atoms with Crippen LogP contribution in [0.4, 0.5) is 5.82 Å². The molecule has 6 nitrogen and oxygen atoms in total. The normalized spacial score (nSPS) is 11.8. The molecule has 3 N–H and O–H groups in total. The standard InChI is InChI=1S/C17H18N6/c1-9(2)23-17-14(16(18)19-8-20-17)15(22-23)13-7-11-5-4-10(3)6-12(11)21-13/h4-9,21H,1-3H3,(H2,18,19,20). The molecule has 1 aromatic carbocycles. The van der Waals surface area contributed by atoms with Crippen molar-refractivity contribution >= 4 is 27.8 Å². The van der Waals surface area contributed by atoms with Crippen molar-refractivity contribution in [2.45, 2.75) is 26.8 Å². The zero-order valence-corrected chi connectivity index (χ0v) is 13.3. The number of nitrogens with two attached hydrogens (primary N) is 1. The second-order valence-electron chi connectivity index (χ2n) is 6.12. The van der Waals surface area contributed by atoms with Gasteiger partial charge in [0.25, 0.3) is 0 Å². The molecule has 23 heavy (non-hydrogen) atoms. The molecule has 0 spiro atoms. The summed E-state index contributed by atoms with van der Waals surface area (Å²) >= 11 is 0. The molecule has 0 atom stereocenters. The summed E-state index contributed by atoms with van der Waals surface area (Å²) in [5.41, 5.74) is 10.9. The van der Waals surface area contributed by atoms with E-state index in [0.29, 0.717) is 5.82 Å². The van der Waals surface area contributed by atoms with E-state index >= 15 is 0 Å². The van der Waals surface area contributed by atoms with Crippen LogP contribution in [0.5, 0.6) is 0 Å². The average molecular weight is 306 g/mol. The molecule has 0 aliphatic heterocycles. The first-order valence-electron chi connectivity index (χ1n) is 7.63. The quantitative estimate of drug-likeness (QED) is 0.594. The van der Waals surface area contributed by atoms with E-state index in [0.717, 1.165) is 33.3 Å². The van der Waals surface area contributed by atoms with Crippen LogP contribution in [0.2, 0.25) is 0 Å². The van der Waals surface area contributed by atoms with Gasteiger partial charge in [-0.15, -0.1) is 0 Å². The van der Waals surface area contributed by atoms with Crippen LogP contribution in [0.1, 0.15) is 25.5 Å². The number of nitrogens with zero attached hydrogens (tertiary/aromatic N) is 4. The number of aromatic nitrogens is 5. The largest absolute Gasteiger partial charge is 0.383 e. The highest BCUT2D eigenvalue weighted by Crippen LogP contribution is 2.32. The summed E-state index contributed by atoms with van der Waals surface area (Å²) < 4.78 is 1.89. The number of hydrogen-bond acceptors (Lipinski definition) is 4. The minimum absolute atomic E-state index is 0.187. The Morgan fingerprint density at radius 2 is 2.00 bits per heavy atom. The molecule has 0 unspecified atom stereocenters. The maximum Gasteiger partial charge on any atom is 0.164 e. The topological polar surface area (TPSA) is 85.4 Å². The summed E-state index contributed by atoms with van der Waals surface area (Å²) in [6.45, 7) is 6.22. The second kappa shape index (κ2) is 4.81. The van der Waals surface area contributed by atoms with Crippen LogP contribution in [-0.4, -0.2) is 24.7 Å². The highest BCUT2D eigenvalue weighted by atomic mass is 15.3. The van der Waals surface area contributed by atoms with Crippen molar-refractivity contribution in [3.63, 3.8) is 0 Å². The third kappa shape index (κ3) is 2.06. The lowest BCUT2D eigenvalue weighted by atomic mass is 10.2. The lowest BCUT2D eigenvalue weighted by Gasteiger charge is -2.05. The van der Waals surface area contributed by atoms with Crippen LogP contribution >= 0.6 is 0 Å². The molecule has 0 aliphatic rings. The van der Waals surface area contributed by atoms with Gasteiger partial charge in [0.1, 0.15) is 17.8 Å². The molecular weight excluding hydrogens is 288 g/mol. The fourth-order valence-corrected chi connectivity index (χ4v) is 2.91. The summed E-state index contributed by atoms with van der Waals surface area (Å²) in [4.78, 5) is 11.9. The van der Waals surface area contributed by atoms with Crippen LogP contribution in [0.25, 0.3) is 33.3 Å². The highest BCUT2D eigenvalue weighted by Gasteiger charge is 2.19. The Kier molecular flexibility index (Phi) is 2.87. The van der Waals surface area contributed by atoms with Gasteiger partial charge in [-0.1, -0.05) is 12.1 Å². The fourth-order valence-electron chi connectivity index (χ4n) is 2.91. The van der Waals surface area contributed by atoms with Gasteiger partial charge in [0, 0.05) is 16.9 Å². The Hall–Kier alpha value is -2.89. The van der Waals surface area contributed by atoms with Gasteiger partial charge in [0.2, 0.25) is 0 Å². The maximum atomic E-state index is 6.11. The first-order chi connectivity index (χ1) is 11.0. The van der Waals surface area contributed by atoms with Gasteiger partial charge in [-0.05, 0) is 38.5 Å². The number of hydrogen-bond donors (Lipinski definition) is 2. The molecule has 6 heteroatoms. The van der Waals surface area contributed by atoms with Crippen LogP contribution in [-0.2, 0) is 0 Å². The number of rotatable bonds is 2. The third-order valence-electron chi connectivity index (χ3n) is 4.04. The monoisotopic (exact) mass is 306 g/mol. The van der Waals surface area contributed by atoms with E-state index in [1.807, 2.05) is 4.68 Å². The Labute approximate surface area is 133 Å².